The number of nitrogens with zero attached hydrogens (tertiary/aromatic N) is 1. The Kier molecular flexibility index (Phi) is 2.44. The average Bonchev–Trinajstić information content (AvgIpc) is 1.98. The van der Waals surface area contributed by atoms with Gasteiger partial charge in [0, 0.05) is 0 Å². The standard InChI is InChI=1S/C5H7F4N2O2S2/c1-14(12)4(6,7)3(10)5(8,9)15(2,13)11-14/h3H,1-2,10H2/q-1. The summed E-state index contributed by atoms with van der Waals surface area (Å²) < 4.78 is 76.7. The van der Waals surface area contributed by atoms with Crippen molar-refractivity contribution in [2.24, 2.45) is 5.73 Å². The van der Waals surface area contributed by atoms with Crippen molar-refractivity contribution in [3.05, 3.63) is 4.13 Å². The molecule has 0 aliphatic carbocycles. The molecule has 1 saturated heterocycles. The summed E-state index contributed by atoms with van der Waals surface area (Å²) >= 11 is 0. The SMILES string of the molecule is C=S1(=O)[N-]S(=C)(=O)C(F)(F)C(N)C1(F)F. The fourth-order valence-electron chi connectivity index (χ4n) is 0.886. The highest BCUT2D eigenvalue weighted by Gasteiger charge is 2.61. The lowest BCUT2D eigenvalue weighted by molar-refractivity contribution is -0.0354. The van der Waals surface area contributed by atoms with Crippen LogP contribution in [-0.4, -0.2) is 36.7 Å². The highest BCUT2D eigenvalue weighted by molar-refractivity contribution is 8.21. The van der Waals surface area contributed by atoms with Crippen LogP contribution in [0.3, 0.4) is 0 Å². The Morgan fingerprint density at radius 2 is 1.33 bits per heavy atom. The van der Waals surface area contributed by atoms with Gasteiger partial charge in [0.05, 0.1) is 0 Å². The zero-order valence-electron chi connectivity index (χ0n) is 7.16. The van der Waals surface area contributed by atoms with E-state index in [1.165, 1.54) is 0 Å². The van der Waals surface area contributed by atoms with Gasteiger partial charge in [0.2, 0.25) is 0 Å². The van der Waals surface area contributed by atoms with E-state index in [-0.39, 0.29) is 0 Å². The summed E-state index contributed by atoms with van der Waals surface area (Å²) in [6.07, 6.45) is 0. The molecule has 4 nitrogen and oxygen atoms in total. The first kappa shape index (κ1) is 12.7. The van der Waals surface area contributed by atoms with Crippen LogP contribution in [0.5, 0.6) is 0 Å². The van der Waals surface area contributed by atoms with E-state index < -0.39 is 36.0 Å². The summed E-state index contributed by atoms with van der Waals surface area (Å²) in [6.45, 7) is 0. The molecule has 0 bridgehead atoms. The molecule has 1 heterocycles. The lowest BCUT2D eigenvalue weighted by Gasteiger charge is -2.48. The summed E-state index contributed by atoms with van der Waals surface area (Å²) in [5.74, 6) is 4.94. The van der Waals surface area contributed by atoms with Crippen molar-refractivity contribution in [2.45, 2.75) is 16.6 Å². The predicted molar refractivity (Wildman–Crippen MR) is 51.8 cm³/mol. The molecule has 0 radical (unpaired) electrons. The second-order valence-corrected chi connectivity index (χ2v) is 7.20. The van der Waals surface area contributed by atoms with Crippen LogP contribution in [-0.2, 0) is 19.4 Å². The van der Waals surface area contributed by atoms with Crippen LogP contribution in [0.25, 0.3) is 4.13 Å². The van der Waals surface area contributed by atoms with Crippen molar-refractivity contribution in [1.29, 1.82) is 0 Å². The second kappa shape index (κ2) is 2.87. The van der Waals surface area contributed by atoms with Gasteiger partial charge in [0.25, 0.3) is 0 Å². The summed E-state index contributed by atoms with van der Waals surface area (Å²) in [5.41, 5.74) is 4.54. The number of nitrogens with two attached hydrogens (primary N) is 1. The maximum Gasteiger partial charge on any atom is 0.320 e. The van der Waals surface area contributed by atoms with Crippen molar-refractivity contribution in [3.8, 4) is 0 Å². The number of hydrogen-bond acceptors (Lipinski definition) is 3. The smallest absolute Gasteiger partial charge is 0.320 e. The number of rotatable bonds is 0. The van der Waals surface area contributed by atoms with Crippen LogP contribution < -0.4 is 5.73 Å². The molecular weight excluding hydrogens is 260 g/mol. The second-order valence-electron chi connectivity index (χ2n) is 2.96. The predicted octanol–water partition coefficient (Wildman–Crippen LogP) is 0.149. The van der Waals surface area contributed by atoms with Crippen LogP contribution in [0.2, 0.25) is 0 Å². The molecule has 2 atom stereocenters. The molecule has 0 aromatic carbocycles. The summed E-state index contributed by atoms with van der Waals surface area (Å²) in [6, 6.07) is -3.18. The van der Waals surface area contributed by atoms with E-state index in [2.05, 4.69) is 21.6 Å². The quantitative estimate of drug-likeness (QED) is 0.501. The van der Waals surface area contributed by atoms with Crippen LogP contribution in [0, 0.1) is 0 Å². The number of halogens is 4. The molecule has 2 N–H and O–H groups in total. The number of hydrogen-bond donors (Lipinski definition) is 1. The first-order valence-electron chi connectivity index (χ1n) is 3.35. The Balaban J connectivity index is 3.51. The van der Waals surface area contributed by atoms with Gasteiger partial charge in [0.1, 0.15) is 0 Å². The largest absolute Gasteiger partial charge is 0.493 e. The number of alkyl halides is 4. The molecule has 90 valence electrons. The van der Waals surface area contributed by atoms with E-state index in [1.807, 2.05) is 0 Å². The van der Waals surface area contributed by atoms with Gasteiger partial charge in [-0.3, -0.25) is 8.42 Å². The van der Waals surface area contributed by atoms with E-state index in [0.717, 1.165) is 0 Å². The van der Waals surface area contributed by atoms with Crippen LogP contribution >= 0.6 is 0 Å². The average molecular weight is 267 g/mol. The first-order chi connectivity index (χ1) is 6.36. The summed E-state index contributed by atoms with van der Waals surface area (Å²) in [7, 11) is -9.28. The molecule has 1 rings (SSSR count). The summed E-state index contributed by atoms with van der Waals surface area (Å²) in [4.78, 5) is 0. The minimum Gasteiger partial charge on any atom is -0.493 e. The van der Waals surface area contributed by atoms with Gasteiger partial charge >= 0.3 is 10.5 Å². The third-order valence-corrected chi connectivity index (χ3v) is 5.95. The zero-order chi connectivity index (χ0) is 12.3. The van der Waals surface area contributed by atoms with Crippen molar-refractivity contribution in [2.75, 3.05) is 0 Å². The van der Waals surface area contributed by atoms with Crippen molar-refractivity contribution >= 4 is 31.2 Å². The van der Waals surface area contributed by atoms with Gasteiger partial charge in [-0.05, 0) is 19.4 Å². The molecule has 10 heteroatoms. The minimum atomic E-state index is -4.64. The van der Waals surface area contributed by atoms with Gasteiger partial charge in [-0.2, -0.15) is 17.6 Å². The van der Waals surface area contributed by atoms with E-state index in [4.69, 9.17) is 0 Å². The molecule has 1 fully saturated rings. The van der Waals surface area contributed by atoms with Crippen molar-refractivity contribution < 1.29 is 26.0 Å². The minimum absolute atomic E-state index is 2.36. The fourth-order valence-corrected chi connectivity index (χ4v) is 4.40. The Bertz CT molecular complexity index is 437. The van der Waals surface area contributed by atoms with E-state index in [1.54, 1.807) is 0 Å². The molecular formula is C5H7F4N2O2S2-. The fraction of sp³-hybridized carbons (Fsp3) is 0.600. The maximum absolute atomic E-state index is 13.0. The van der Waals surface area contributed by atoms with Gasteiger partial charge in [-0.15, -0.1) is 0 Å². The lowest BCUT2D eigenvalue weighted by atomic mass is 10.3. The highest BCUT2D eigenvalue weighted by atomic mass is 32.3. The topological polar surface area (TPSA) is 74.3 Å². The normalized spacial score (nSPS) is 48.7. The van der Waals surface area contributed by atoms with Gasteiger partial charge in [-0.25, -0.2) is 0 Å². The zero-order valence-corrected chi connectivity index (χ0v) is 8.79. The molecule has 0 saturated carbocycles. The van der Waals surface area contributed by atoms with Crippen molar-refractivity contribution in [1.82, 2.24) is 0 Å². The third-order valence-electron chi connectivity index (χ3n) is 1.82. The van der Waals surface area contributed by atoms with Crippen LogP contribution in [0.15, 0.2) is 0 Å². The van der Waals surface area contributed by atoms with Gasteiger partial charge in [-0.1, -0.05) is 11.7 Å². The van der Waals surface area contributed by atoms with Crippen LogP contribution in [0.4, 0.5) is 17.6 Å². The Morgan fingerprint density at radius 1 is 1.07 bits per heavy atom. The molecule has 1 aliphatic rings. The third kappa shape index (κ3) is 1.47. The maximum atomic E-state index is 13.0. The van der Waals surface area contributed by atoms with Crippen LogP contribution in [0.1, 0.15) is 0 Å². The Morgan fingerprint density at radius 3 is 1.60 bits per heavy atom. The van der Waals surface area contributed by atoms with Gasteiger partial charge in [0.15, 0.2) is 6.04 Å². The first-order valence-corrected chi connectivity index (χ1v) is 6.72. The molecule has 1 aliphatic heterocycles. The Labute approximate surface area is 84.1 Å². The molecule has 0 spiro atoms. The molecule has 0 aromatic heterocycles. The monoisotopic (exact) mass is 267 g/mol. The summed E-state index contributed by atoms with van der Waals surface area (Å²) in [5, 5.41) is -9.04. The van der Waals surface area contributed by atoms with Crippen molar-refractivity contribution in [3.63, 3.8) is 0 Å². The molecule has 0 aromatic rings. The van der Waals surface area contributed by atoms with E-state index in [0.29, 0.717) is 0 Å². The molecule has 15 heavy (non-hydrogen) atoms. The van der Waals surface area contributed by atoms with E-state index >= 15 is 0 Å². The van der Waals surface area contributed by atoms with E-state index in [9.17, 15) is 26.0 Å². The molecule has 0 amide bonds. The highest BCUT2D eigenvalue weighted by Crippen LogP contribution is 2.47. The Hall–Kier alpha value is -0.320. The van der Waals surface area contributed by atoms with Gasteiger partial charge < -0.3 is 9.86 Å². The lowest BCUT2D eigenvalue weighted by Crippen LogP contribution is -2.63. The molecule has 2 unspecified atom stereocenters.